The minimum absolute atomic E-state index is 0.247. The predicted octanol–water partition coefficient (Wildman–Crippen LogP) is 5.73. The number of carbonyl (C=O) groups is 2. The number of thioether (sulfide) groups is 1. The van der Waals surface area contributed by atoms with Gasteiger partial charge < -0.3 is 0 Å². The topological polar surface area (TPSA) is 37.4 Å². The van der Waals surface area contributed by atoms with Crippen molar-refractivity contribution < 1.29 is 9.59 Å². The fourth-order valence-corrected chi connectivity index (χ4v) is 3.91. The highest BCUT2D eigenvalue weighted by atomic mass is 35.5. The summed E-state index contributed by atoms with van der Waals surface area (Å²) in [5.41, 5.74) is 1.79. The van der Waals surface area contributed by atoms with Crippen LogP contribution in [0.15, 0.2) is 71.6 Å². The summed E-state index contributed by atoms with van der Waals surface area (Å²) in [7, 11) is 0. The largest absolute Gasteiger partial charge is 0.293 e. The number of rotatable bonds is 3. The second-order valence-electron chi connectivity index (χ2n) is 5.96. The fourth-order valence-electron chi connectivity index (χ4n) is 2.95. The molecule has 26 heavy (non-hydrogen) atoms. The molecule has 0 spiro atoms. The molecule has 1 aliphatic heterocycles. The normalized spacial score (nSPS) is 16.0. The van der Waals surface area contributed by atoms with Crippen LogP contribution in [-0.4, -0.2) is 16.0 Å². The van der Waals surface area contributed by atoms with E-state index in [0.29, 0.717) is 9.93 Å². The highest BCUT2D eigenvalue weighted by Crippen LogP contribution is 2.34. The van der Waals surface area contributed by atoms with Crippen LogP contribution in [0.25, 0.3) is 16.8 Å². The summed E-state index contributed by atoms with van der Waals surface area (Å²) < 4.78 is 0. The smallest absolute Gasteiger partial charge is 0.268 e. The van der Waals surface area contributed by atoms with Crippen molar-refractivity contribution in [1.29, 1.82) is 0 Å². The first-order chi connectivity index (χ1) is 12.6. The van der Waals surface area contributed by atoms with Crippen molar-refractivity contribution in [3.8, 4) is 0 Å². The van der Waals surface area contributed by atoms with Gasteiger partial charge in [-0.05, 0) is 51.9 Å². The molecule has 0 aliphatic carbocycles. The quantitative estimate of drug-likeness (QED) is 0.545. The van der Waals surface area contributed by atoms with Crippen LogP contribution in [0.2, 0.25) is 5.02 Å². The molecule has 128 valence electrons. The molecule has 0 aromatic heterocycles. The van der Waals surface area contributed by atoms with Crippen LogP contribution in [0.5, 0.6) is 0 Å². The summed E-state index contributed by atoms with van der Waals surface area (Å²) in [6.07, 6.45) is 1.73. The highest BCUT2D eigenvalue weighted by Gasteiger charge is 2.35. The van der Waals surface area contributed by atoms with Gasteiger partial charge in [0.1, 0.15) is 0 Å². The van der Waals surface area contributed by atoms with Crippen molar-refractivity contribution in [3.05, 3.63) is 87.8 Å². The second-order valence-corrected chi connectivity index (χ2v) is 7.39. The van der Waals surface area contributed by atoms with Gasteiger partial charge in [-0.15, -0.1) is 0 Å². The van der Waals surface area contributed by atoms with Crippen LogP contribution >= 0.6 is 23.4 Å². The summed E-state index contributed by atoms with van der Waals surface area (Å²) in [6.45, 7) is 0.268. The number of benzene rings is 3. The Morgan fingerprint density at radius 2 is 1.65 bits per heavy atom. The SMILES string of the molecule is O=C1SC(=Cc2ccc(Cl)cc2)C(=O)N1Cc1cccc2ccccc12. The number of halogens is 1. The third-order valence-electron chi connectivity index (χ3n) is 4.25. The van der Waals surface area contributed by atoms with Gasteiger partial charge in [0.05, 0.1) is 11.4 Å². The second kappa shape index (κ2) is 6.98. The van der Waals surface area contributed by atoms with E-state index < -0.39 is 0 Å². The van der Waals surface area contributed by atoms with Crippen molar-refractivity contribution in [2.45, 2.75) is 6.54 Å². The van der Waals surface area contributed by atoms with E-state index in [2.05, 4.69) is 0 Å². The zero-order valence-corrected chi connectivity index (χ0v) is 15.3. The van der Waals surface area contributed by atoms with Gasteiger partial charge in [-0.25, -0.2) is 0 Å². The van der Waals surface area contributed by atoms with Crippen molar-refractivity contribution in [1.82, 2.24) is 4.90 Å². The van der Waals surface area contributed by atoms with E-state index in [1.807, 2.05) is 54.6 Å². The first-order valence-electron chi connectivity index (χ1n) is 8.09. The maximum atomic E-state index is 12.7. The summed E-state index contributed by atoms with van der Waals surface area (Å²) in [6, 6.07) is 21.0. The molecule has 4 rings (SSSR count). The summed E-state index contributed by atoms with van der Waals surface area (Å²) >= 11 is 6.86. The molecule has 0 unspecified atom stereocenters. The van der Waals surface area contributed by atoms with Gasteiger partial charge in [0.15, 0.2) is 0 Å². The molecule has 3 nitrogen and oxygen atoms in total. The molecule has 1 saturated heterocycles. The van der Waals surface area contributed by atoms with Gasteiger partial charge in [0, 0.05) is 5.02 Å². The lowest BCUT2D eigenvalue weighted by atomic mass is 10.0. The lowest BCUT2D eigenvalue weighted by molar-refractivity contribution is -0.123. The average molecular weight is 380 g/mol. The summed E-state index contributed by atoms with van der Waals surface area (Å²) in [4.78, 5) is 26.8. The first kappa shape index (κ1) is 16.9. The van der Waals surface area contributed by atoms with E-state index in [-0.39, 0.29) is 17.7 Å². The Hall–Kier alpha value is -2.56. The standard InChI is InChI=1S/C21H14ClNO2S/c22-17-10-8-14(9-11-17)12-19-20(24)23(21(25)26-19)13-16-6-3-5-15-4-1-2-7-18(15)16/h1-12H,13H2. The monoisotopic (exact) mass is 379 g/mol. The zero-order chi connectivity index (χ0) is 18.1. The zero-order valence-electron chi connectivity index (χ0n) is 13.7. The molecule has 2 amide bonds. The van der Waals surface area contributed by atoms with Crippen LogP contribution in [0.1, 0.15) is 11.1 Å². The van der Waals surface area contributed by atoms with Gasteiger partial charge in [0.25, 0.3) is 11.1 Å². The van der Waals surface area contributed by atoms with Crippen LogP contribution in [0.4, 0.5) is 4.79 Å². The third kappa shape index (κ3) is 3.26. The number of fused-ring (bicyclic) bond motifs is 1. The first-order valence-corrected chi connectivity index (χ1v) is 9.29. The van der Waals surface area contributed by atoms with Gasteiger partial charge in [-0.2, -0.15) is 0 Å². The molecule has 3 aromatic rings. The summed E-state index contributed by atoms with van der Waals surface area (Å²) in [5, 5.41) is 2.53. The lowest BCUT2D eigenvalue weighted by Crippen LogP contribution is -2.27. The minimum atomic E-state index is -0.261. The van der Waals surface area contributed by atoms with E-state index in [9.17, 15) is 9.59 Å². The summed E-state index contributed by atoms with van der Waals surface area (Å²) in [5.74, 6) is -0.261. The molecular formula is C21H14ClNO2S. The molecule has 0 atom stereocenters. The number of hydrogen-bond acceptors (Lipinski definition) is 3. The maximum Gasteiger partial charge on any atom is 0.293 e. The van der Waals surface area contributed by atoms with Crippen molar-refractivity contribution in [2.24, 2.45) is 0 Å². The molecule has 0 bridgehead atoms. The number of imide groups is 1. The Morgan fingerprint density at radius 3 is 2.46 bits per heavy atom. The molecular weight excluding hydrogens is 366 g/mol. The molecule has 0 radical (unpaired) electrons. The minimum Gasteiger partial charge on any atom is -0.268 e. The van der Waals surface area contributed by atoms with Crippen molar-refractivity contribution in [2.75, 3.05) is 0 Å². The molecule has 0 saturated carbocycles. The Bertz CT molecular complexity index is 1040. The molecule has 1 heterocycles. The Kier molecular flexibility index (Phi) is 4.53. The van der Waals surface area contributed by atoms with Gasteiger partial charge in [-0.1, -0.05) is 66.2 Å². The Balaban J connectivity index is 1.62. The molecule has 1 aliphatic rings. The van der Waals surface area contributed by atoms with Crippen LogP contribution in [-0.2, 0) is 11.3 Å². The maximum absolute atomic E-state index is 12.7. The number of carbonyl (C=O) groups excluding carboxylic acids is 2. The van der Waals surface area contributed by atoms with Gasteiger partial charge >= 0.3 is 0 Å². The number of hydrogen-bond donors (Lipinski definition) is 0. The fraction of sp³-hybridized carbons (Fsp3) is 0.0476. The third-order valence-corrected chi connectivity index (χ3v) is 5.41. The van der Waals surface area contributed by atoms with E-state index in [0.717, 1.165) is 33.7 Å². The molecule has 1 fully saturated rings. The van der Waals surface area contributed by atoms with E-state index in [1.54, 1.807) is 18.2 Å². The van der Waals surface area contributed by atoms with Gasteiger partial charge in [0.2, 0.25) is 0 Å². The van der Waals surface area contributed by atoms with Crippen molar-refractivity contribution in [3.63, 3.8) is 0 Å². The Labute approximate surface area is 160 Å². The van der Waals surface area contributed by atoms with Crippen LogP contribution in [0.3, 0.4) is 0 Å². The van der Waals surface area contributed by atoms with Crippen LogP contribution in [0, 0.1) is 0 Å². The Morgan fingerprint density at radius 1 is 0.923 bits per heavy atom. The number of nitrogens with zero attached hydrogens (tertiary/aromatic N) is 1. The van der Waals surface area contributed by atoms with Crippen molar-refractivity contribution >= 4 is 51.4 Å². The van der Waals surface area contributed by atoms with E-state index in [4.69, 9.17) is 11.6 Å². The predicted molar refractivity (Wildman–Crippen MR) is 107 cm³/mol. The van der Waals surface area contributed by atoms with E-state index >= 15 is 0 Å². The van der Waals surface area contributed by atoms with Crippen LogP contribution < -0.4 is 0 Å². The number of amides is 2. The highest BCUT2D eigenvalue weighted by molar-refractivity contribution is 8.18. The molecule has 0 N–H and O–H groups in total. The van der Waals surface area contributed by atoms with Gasteiger partial charge in [-0.3, -0.25) is 14.5 Å². The molecule has 5 heteroatoms. The van der Waals surface area contributed by atoms with E-state index in [1.165, 1.54) is 4.90 Å². The molecule has 3 aromatic carbocycles. The average Bonchev–Trinajstić information content (AvgIpc) is 2.91. The lowest BCUT2D eigenvalue weighted by Gasteiger charge is -2.14.